The van der Waals surface area contributed by atoms with Gasteiger partial charge in [-0.3, -0.25) is 0 Å². The van der Waals surface area contributed by atoms with Gasteiger partial charge in [-0.05, 0) is 13.0 Å². The summed E-state index contributed by atoms with van der Waals surface area (Å²) in [6.45, 7) is 9.19. The molecule has 0 saturated carbocycles. The molecule has 0 heterocycles. The van der Waals surface area contributed by atoms with E-state index in [1.54, 1.807) is 0 Å². The number of nitrogens with zero attached hydrogens (tertiary/aromatic N) is 1. The zero-order chi connectivity index (χ0) is 8.53. The Labute approximate surface area is 71.9 Å². The largest absolute Gasteiger partial charge is 0.332 e. The fourth-order valence-electron chi connectivity index (χ4n) is 0.859. The van der Waals surface area contributed by atoms with Gasteiger partial charge in [-0.25, -0.2) is 0 Å². The van der Waals surface area contributed by atoms with Gasteiger partial charge >= 0.3 is 0 Å². The summed E-state index contributed by atoms with van der Waals surface area (Å²) in [6, 6.07) is 0. The smallest absolute Gasteiger partial charge is 0.144 e. The first kappa shape index (κ1) is 10.8. The summed E-state index contributed by atoms with van der Waals surface area (Å²) < 4.78 is 4.50. The molecule has 0 spiro atoms. The lowest BCUT2D eigenvalue weighted by Crippen LogP contribution is -1.90. The lowest BCUT2D eigenvalue weighted by Gasteiger charge is -1.95. The van der Waals surface area contributed by atoms with Gasteiger partial charge in [0.05, 0.1) is 0 Å². The second-order valence-corrected chi connectivity index (χ2v) is 4.80. The molecule has 1 nitrogen and oxygen atoms in total. The highest BCUT2D eigenvalue weighted by atomic mass is 28.2. The minimum Gasteiger partial charge on any atom is -0.332 e. The van der Waals surface area contributed by atoms with E-state index in [1.165, 1.54) is 25.7 Å². The SMILES string of the molecule is C=C[Si](C)=NCCCCCC. The van der Waals surface area contributed by atoms with Gasteiger partial charge in [0.25, 0.3) is 0 Å². The van der Waals surface area contributed by atoms with Gasteiger partial charge in [0.2, 0.25) is 0 Å². The summed E-state index contributed by atoms with van der Waals surface area (Å²) >= 11 is 0. The Morgan fingerprint density at radius 3 is 2.64 bits per heavy atom. The van der Waals surface area contributed by atoms with E-state index in [2.05, 4.69) is 24.7 Å². The van der Waals surface area contributed by atoms with Crippen LogP contribution in [0.4, 0.5) is 0 Å². The molecule has 0 N–H and O–H groups in total. The van der Waals surface area contributed by atoms with Gasteiger partial charge in [0, 0.05) is 6.54 Å². The average Bonchev–Trinajstić information content (AvgIpc) is 2.04. The third-order valence-electron chi connectivity index (χ3n) is 1.67. The molecule has 0 aliphatic heterocycles. The van der Waals surface area contributed by atoms with Gasteiger partial charge in [-0.2, -0.15) is 0 Å². The summed E-state index contributed by atoms with van der Waals surface area (Å²) in [4.78, 5) is 0. The fourth-order valence-corrected chi connectivity index (χ4v) is 1.50. The Hall–Kier alpha value is -0.243. The lowest BCUT2D eigenvalue weighted by atomic mass is 10.2. The van der Waals surface area contributed by atoms with Crippen molar-refractivity contribution < 1.29 is 0 Å². The van der Waals surface area contributed by atoms with Crippen molar-refractivity contribution in [1.82, 2.24) is 0 Å². The van der Waals surface area contributed by atoms with E-state index >= 15 is 0 Å². The van der Waals surface area contributed by atoms with Crippen LogP contribution in [0.15, 0.2) is 16.9 Å². The molecule has 0 rings (SSSR count). The maximum atomic E-state index is 4.50. The first-order valence-electron chi connectivity index (χ1n) is 4.44. The molecule has 0 aromatic carbocycles. The van der Waals surface area contributed by atoms with Gasteiger partial charge in [0.1, 0.15) is 8.59 Å². The van der Waals surface area contributed by atoms with Crippen LogP contribution < -0.4 is 0 Å². The molecule has 64 valence electrons. The van der Waals surface area contributed by atoms with Crippen molar-refractivity contribution in [2.24, 2.45) is 4.63 Å². The number of unbranched alkanes of at least 4 members (excludes halogenated alkanes) is 3. The summed E-state index contributed by atoms with van der Waals surface area (Å²) in [5, 5.41) is 0. The van der Waals surface area contributed by atoms with Crippen LogP contribution in [-0.2, 0) is 0 Å². The minimum atomic E-state index is -0.527. The van der Waals surface area contributed by atoms with Crippen LogP contribution in [0.2, 0.25) is 6.55 Å². The van der Waals surface area contributed by atoms with Crippen LogP contribution in [0.3, 0.4) is 0 Å². The van der Waals surface area contributed by atoms with Crippen molar-refractivity contribution in [2.45, 2.75) is 39.2 Å². The number of rotatable bonds is 6. The topological polar surface area (TPSA) is 12.4 Å². The second-order valence-electron chi connectivity index (χ2n) is 2.79. The first-order valence-corrected chi connectivity index (χ1v) is 6.47. The van der Waals surface area contributed by atoms with E-state index in [9.17, 15) is 0 Å². The molecule has 0 bridgehead atoms. The van der Waals surface area contributed by atoms with Crippen molar-refractivity contribution >= 4 is 8.59 Å². The highest BCUT2D eigenvalue weighted by Crippen LogP contribution is 1.98. The Morgan fingerprint density at radius 1 is 1.36 bits per heavy atom. The molecule has 11 heavy (non-hydrogen) atoms. The quantitative estimate of drug-likeness (QED) is 0.428. The molecule has 0 fully saturated rings. The van der Waals surface area contributed by atoms with Gasteiger partial charge in [-0.1, -0.05) is 31.9 Å². The molecule has 0 amide bonds. The molecule has 0 aliphatic carbocycles. The normalized spacial score (nSPS) is 11.6. The van der Waals surface area contributed by atoms with Crippen molar-refractivity contribution in [1.29, 1.82) is 0 Å². The van der Waals surface area contributed by atoms with E-state index < -0.39 is 8.59 Å². The van der Waals surface area contributed by atoms with Crippen molar-refractivity contribution in [3.63, 3.8) is 0 Å². The van der Waals surface area contributed by atoms with E-state index in [4.69, 9.17) is 0 Å². The maximum absolute atomic E-state index is 4.50. The number of hydrogen-bond donors (Lipinski definition) is 0. The van der Waals surface area contributed by atoms with Crippen molar-refractivity contribution in [3.8, 4) is 0 Å². The summed E-state index contributed by atoms with van der Waals surface area (Å²) in [5.74, 6) is 0. The summed E-state index contributed by atoms with van der Waals surface area (Å²) in [6.07, 6.45) is 5.27. The van der Waals surface area contributed by atoms with Crippen LogP contribution >= 0.6 is 0 Å². The van der Waals surface area contributed by atoms with Crippen molar-refractivity contribution in [2.75, 3.05) is 6.54 Å². The first-order chi connectivity index (χ1) is 5.31. The molecule has 0 atom stereocenters. The second kappa shape index (κ2) is 7.86. The summed E-state index contributed by atoms with van der Waals surface area (Å²) in [5.41, 5.74) is 1.99. The Morgan fingerprint density at radius 2 is 2.09 bits per heavy atom. The number of hydrogen-bond acceptors (Lipinski definition) is 1. The zero-order valence-electron chi connectivity index (χ0n) is 7.77. The Bertz CT molecular complexity index is 130. The molecule has 0 unspecified atom stereocenters. The van der Waals surface area contributed by atoms with Crippen LogP contribution in [0, 0.1) is 0 Å². The molecule has 0 saturated heterocycles. The highest BCUT2D eigenvalue weighted by Gasteiger charge is 1.86. The monoisotopic (exact) mass is 169 g/mol. The van der Waals surface area contributed by atoms with Crippen LogP contribution in [0.25, 0.3) is 0 Å². The van der Waals surface area contributed by atoms with E-state index in [-0.39, 0.29) is 0 Å². The fraction of sp³-hybridized carbons (Fsp3) is 0.778. The Kier molecular flexibility index (Phi) is 7.69. The third-order valence-corrected chi connectivity index (χ3v) is 2.98. The van der Waals surface area contributed by atoms with Crippen LogP contribution in [-0.4, -0.2) is 15.1 Å². The van der Waals surface area contributed by atoms with Crippen LogP contribution in [0.5, 0.6) is 0 Å². The molecular formula is C9H19NSi. The molecule has 0 aliphatic rings. The standard InChI is InChI=1S/C9H19NSi/c1-4-6-7-8-9-10-11(3)5-2/h5H,2,4,6-9H2,1,3H3. The molecule has 0 radical (unpaired) electrons. The molecule has 2 heteroatoms. The molecule has 0 aromatic heterocycles. The Balaban J connectivity index is 3.19. The highest BCUT2D eigenvalue weighted by molar-refractivity contribution is 6.50. The van der Waals surface area contributed by atoms with Gasteiger partial charge in [0.15, 0.2) is 0 Å². The summed E-state index contributed by atoms with van der Waals surface area (Å²) in [7, 11) is -0.527. The van der Waals surface area contributed by atoms with Crippen LogP contribution in [0.1, 0.15) is 32.6 Å². The van der Waals surface area contributed by atoms with E-state index in [1.807, 2.05) is 5.70 Å². The minimum absolute atomic E-state index is 0.527. The van der Waals surface area contributed by atoms with E-state index in [0.717, 1.165) is 6.54 Å². The molecule has 0 aromatic rings. The van der Waals surface area contributed by atoms with Gasteiger partial charge < -0.3 is 4.63 Å². The average molecular weight is 169 g/mol. The predicted octanol–water partition coefficient (Wildman–Crippen LogP) is 3.18. The predicted molar refractivity (Wildman–Crippen MR) is 53.3 cm³/mol. The molecular weight excluding hydrogens is 150 g/mol. The van der Waals surface area contributed by atoms with E-state index in [0.29, 0.717) is 0 Å². The zero-order valence-corrected chi connectivity index (χ0v) is 8.77. The maximum Gasteiger partial charge on any atom is 0.144 e. The van der Waals surface area contributed by atoms with Crippen molar-refractivity contribution in [3.05, 3.63) is 12.3 Å². The third kappa shape index (κ3) is 7.66. The van der Waals surface area contributed by atoms with Gasteiger partial charge in [-0.15, -0.1) is 6.58 Å². The lowest BCUT2D eigenvalue weighted by molar-refractivity contribution is 0.676.